The minimum atomic E-state index is -2.05. The third kappa shape index (κ3) is 9.25. The average Bonchev–Trinajstić information content (AvgIpc) is 3.36. The molecule has 1 fully saturated rings. The number of amides is 6. The molecule has 56 heavy (non-hydrogen) atoms. The number of carboxylic acids is 1. The third-order valence-electron chi connectivity index (χ3n) is 9.27. The van der Waals surface area contributed by atoms with E-state index in [0.717, 1.165) is 12.5 Å². The van der Waals surface area contributed by atoms with E-state index in [1.165, 1.54) is 36.1 Å². The Balaban J connectivity index is 1.38. The number of carboxylic acid groups (broad SMARTS) is 1. The smallest absolute Gasteiger partial charge is 0.363 e. The van der Waals surface area contributed by atoms with Crippen molar-refractivity contribution in [2.45, 2.75) is 57.4 Å². The summed E-state index contributed by atoms with van der Waals surface area (Å²) in [6.07, 6.45) is -0.144. The highest BCUT2D eigenvalue weighted by Gasteiger charge is 2.58. The number of nitrogens with one attached hydrogen (secondary N) is 2. The van der Waals surface area contributed by atoms with E-state index in [4.69, 9.17) is 10.6 Å². The minimum absolute atomic E-state index is 0.0179. The van der Waals surface area contributed by atoms with Crippen LogP contribution in [0.15, 0.2) is 115 Å². The number of hydrogen-bond donors (Lipinski definition) is 4. The van der Waals surface area contributed by atoms with Gasteiger partial charge >= 0.3 is 24.0 Å². The van der Waals surface area contributed by atoms with Gasteiger partial charge < -0.3 is 26.3 Å². The van der Waals surface area contributed by atoms with E-state index in [2.05, 4.69) is 10.6 Å². The predicted octanol–water partition coefficient (Wildman–Crippen LogP) is 3.66. The number of nitrogens with zero attached hydrogens (tertiary/aromatic N) is 3. The zero-order chi connectivity index (χ0) is 40.4. The van der Waals surface area contributed by atoms with Crippen LogP contribution >= 0.6 is 0 Å². The topological polar surface area (TPSA) is 209 Å². The minimum Gasteiger partial charge on any atom is -0.481 e. The zero-order valence-electron chi connectivity index (χ0n) is 30.8. The summed E-state index contributed by atoms with van der Waals surface area (Å²) in [6.45, 7) is 3.01. The van der Waals surface area contributed by atoms with Crippen LogP contribution in [0, 0.1) is 0 Å². The number of ketones is 1. The van der Waals surface area contributed by atoms with Crippen molar-refractivity contribution in [2.75, 3.05) is 11.4 Å². The van der Waals surface area contributed by atoms with Crippen LogP contribution in [0.3, 0.4) is 0 Å². The molecular formula is C41H42N6O9. The predicted molar refractivity (Wildman–Crippen MR) is 203 cm³/mol. The molecule has 15 nitrogen and oxygen atoms in total. The fourth-order valence-electron chi connectivity index (χ4n) is 6.25. The van der Waals surface area contributed by atoms with Crippen molar-refractivity contribution in [3.05, 3.63) is 138 Å². The van der Waals surface area contributed by atoms with Crippen LogP contribution < -0.4 is 21.3 Å². The van der Waals surface area contributed by atoms with E-state index in [1.54, 1.807) is 60.7 Å². The van der Waals surface area contributed by atoms with Crippen molar-refractivity contribution in [2.24, 2.45) is 5.73 Å². The molecule has 0 radical (unpaired) electrons. The first-order valence-corrected chi connectivity index (χ1v) is 17.7. The number of nitrogens with two attached hydrogens (primary N) is 1. The van der Waals surface area contributed by atoms with E-state index in [-0.39, 0.29) is 29.9 Å². The Morgan fingerprint density at radius 3 is 1.95 bits per heavy atom. The summed E-state index contributed by atoms with van der Waals surface area (Å²) in [5, 5.41) is 15.1. The Hall–Kier alpha value is -6.87. The highest BCUT2D eigenvalue weighted by atomic mass is 16.7. The summed E-state index contributed by atoms with van der Waals surface area (Å²) in [7, 11) is 0. The molecule has 5 rings (SSSR count). The van der Waals surface area contributed by atoms with Gasteiger partial charge in [0.15, 0.2) is 11.8 Å². The van der Waals surface area contributed by atoms with Gasteiger partial charge in [0.05, 0.1) is 12.5 Å². The number of para-hydroxylation sites is 1. The summed E-state index contributed by atoms with van der Waals surface area (Å²) < 4.78 is 0. The van der Waals surface area contributed by atoms with Crippen LogP contribution in [0.2, 0.25) is 0 Å². The number of rotatable bonds is 16. The number of hydrogen-bond acceptors (Lipinski definition) is 9. The first-order valence-electron chi connectivity index (χ1n) is 17.7. The molecule has 0 aliphatic carbocycles. The standard InChI is InChI=1S/C41H42N6O9/c1-27(48)35(46(32-16-10-5-11-17-32)36(51)33(42)24-34(49)50)37(52)56-47-38(53)41(2,45(40(47)55)26-30-14-8-4-9-15-30)31-20-18-29(19-21-31)25-44-39(54)43-23-22-28-12-6-3-7-13-28/h3-21,33,35H,22-26,42H2,1-2H3,(H,49,50)(H2,43,44,54)/t33-,35-,41+/m0/s1. The molecule has 1 aliphatic rings. The highest BCUT2D eigenvalue weighted by Crippen LogP contribution is 2.39. The summed E-state index contributed by atoms with van der Waals surface area (Å²) in [5.41, 5.74) is 6.97. The van der Waals surface area contributed by atoms with Crippen molar-refractivity contribution in [1.82, 2.24) is 20.6 Å². The van der Waals surface area contributed by atoms with Crippen LogP contribution in [0.5, 0.6) is 0 Å². The fourth-order valence-corrected chi connectivity index (χ4v) is 6.25. The first-order chi connectivity index (χ1) is 26.8. The van der Waals surface area contributed by atoms with Gasteiger partial charge in [-0.2, -0.15) is 0 Å². The molecular weight excluding hydrogens is 720 g/mol. The second kappa shape index (κ2) is 18.0. The van der Waals surface area contributed by atoms with Crippen LogP contribution in [0.25, 0.3) is 0 Å². The lowest BCUT2D eigenvalue weighted by Crippen LogP contribution is -2.56. The maximum Gasteiger partial charge on any atom is 0.363 e. The molecule has 3 atom stereocenters. The molecule has 1 saturated heterocycles. The molecule has 5 N–H and O–H groups in total. The van der Waals surface area contributed by atoms with E-state index in [9.17, 15) is 38.7 Å². The van der Waals surface area contributed by atoms with Crippen LogP contribution in [-0.4, -0.2) is 75.3 Å². The van der Waals surface area contributed by atoms with E-state index in [1.807, 2.05) is 30.3 Å². The largest absolute Gasteiger partial charge is 0.481 e. The van der Waals surface area contributed by atoms with Gasteiger partial charge in [-0.1, -0.05) is 108 Å². The number of Topliss-reactive ketones (excluding diaryl/α,β-unsaturated/α-hetero) is 1. The normalized spacial score (nSPS) is 16.1. The number of imide groups is 1. The Morgan fingerprint density at radius 1 is 0.804 bits per heavy atom. The second-order valence-corrected chi connectivity index (χ2v) is 13.2. The molecule has 4 aromatic rings. The monoisotopic (exact) mass is 762 g/mol. The van der Waals surface area contributed by atoms with Gasteiger partial charge in [0.2, 0.25) is 5.91 Å². The second-order valence-electron chi connectivity index (χ2n) is 13.2. The molecule has 0 saturated carbocycles. The lowest BCUT2D eigenvalue weighted by Gasteiger charge is -2.32. The van der Waals surface area contributed by atoms with Gasteiger partial charge in [-0.05, 0) is 54.7 Å². The Bertz CT molecular complexity index is 2070. The molecule has 1 heterocycles. The number of carbonyl (C=O) groups is 7. The van der Waals surface area contributed by atoms with E-state index >= 15 is 0 Å². The van der Waals surface area contributed by atoms with Crippen LogP contribution in [-0.2, 0) is 53.9 Å². The number of benzene rings is 4. The van der Waals surface area contributed by atoms with E-state index < -0.39 is 59.6 Å². The number of hydroxylamine groups is 2. The number of aliphatic carboxylic acids is 1. The zero-order valence-corrected chi connectivity index (χ0v) is 30.8. The lowest BCUT2D eigenvalue weighted by atomic mass is 9.89. The maximum absolute atomic E-state index is 14.3. The van der Waals surface area contributed by atoms with Crippen LogP contribution in [0.4, 0.5) is 15.3 Å². The summed E-state index contributed by atoms with van der Waals surface area (Å²) in [5.74, 6) is -5.79. The van der Waals surface area contributed by atoms with Crippen LogP contribution in [0.1, 0.15) is 42.5 Å². The van der Waals surface area contributed by atoms with Gasteiger partial charge in [0, 0.05) is 25.3 Å². The lowest BCUT2D eigenvalue weighted by molar-refractivity contribution is -0.186. The molecule has 0 unspecified atom stereocenters. The van der Waals surface area contributed by atoms with E-state index in [0.29, 0.717) is 34.6 Å². The molecule has 0 spiro atoms. The first kappa shape index (κ1) is 40.3. The number of anilines is 1. The Kier molecular flexibility index (Phi) is 12.9. The van der Waals surface area contributed by atoms with Crippen molar-refractivity contribution in [3.63, 3.8) is 0 Å². The molecule has 15 heteroatoms. The molecule has 1 aliphatic heterocycles. The van der Waals surface area contributed by atoms with Gasteiger partial charge in [0.25, 0.3) is 5.91 Å². The van der Waals surface area contributed by atoms with Gasteiger partial charge in [-0.3, -0.25) is 29.0 Å². The van der Waals surface area contributed by atoms with Crippen molar-refractivity contribution in [1.29, 1.82) is 0 Å². The number of urea groups is 2. The molecule has 4 aromatic carbocycles. The van der Waals surface area contributed by atoms with Crippen molar-refractivity contribution >= 4 is 47.3 Å². The maximum atomic E-state index is 14.3. The summed E-state index contributed by atoms with van der Waals surface area (Å²) in [6, 6.07) is 27.5. The molecule has 0 bridgehead atoms. The summed E-state index contributed by atoms with van der Waals surface area (Å²) >= 11 is 0. The molecule has 0 aromatic heterocycles. The third-order valence-corrected chi connectivity index (χ3v) is 9.27. The number of carbonyl (C=O) groups excluding carboxylic acids is 6. The Labute approximate surface area is 323 Å². The molecule has 6 amide bonds. The fraction of sp³-hybridized carbons (Fsp3) is 0.244. The molecule has 290 valence electrons. The van der Waals surface area contributed by atoms with Gasteiger partial charge in [0.1, 0.15) is 5.54 Å². The summed E-state index contributed by atoms with van der Waals surface area (Å²) in [4.78, 5) is 100. The average molecular weight is 763 g/mol. The van der Waals surface area contributed by atoms with Crippen molar-refractivity contribution < 1.29 is 43.5 Å². The highest BCUT2D eigenvalue weighted by molar-refractivity contribution is 6.15. The van der Waals surface area contributed by atoms with Crippen molar-refractivity contribution in [3.8, 4) is 0 Å². The SMILES string of the molecule is CC(=O)[C@@H](C(=O)ON1C(=O)N(Cc2ccccc2)[C@](C)(c2ccc(CNC(=O)NCCc3ccccc3)cc2)C1=O)N(C(=O)[C@@H](N)CC(=O)O)c1ccccc1. The van der Waals surface area contributed by atoms with Gasteiger partial charge in [-0.15, -0.1) is 0 Å². The Morgan fingerprint density at radius 2 is 1.38 bits per heavy atom. The quantitative estimate of drug-likeness (QED) is 0.0962. The van der Waals surface area contributed by atoms with Gasteiger partial charge in [-0.25, -0.2) is 14.4 Å².